The van der Waals surface area contributed by atoms with E-state index in [-0.39, 0.29) is 11.3 Å². The molecule has 1 aliphatic heterocycles. The van der Waals surface area contributed by atoms with Gasteiger partial charge in [-0.2, -0.15) is 0 Å². The van der Waals surface area contributed by atoms with Crippen LogP contribution in [-0.4, -0.2) is 23.4 Å². The normalized spacial score (nSPS) is 17.9. The van der Waals surface area contributed by atoms with Gasteiger partial charge in [0, 0.05) is 20.6 Å². The van der Waals surface area contributed by atoms with Crippen molar-refractivity contribution in [2.75, 3.05) is 11.5 Å². The minimum absolute atomic E-state index is 0.0695. The smallest absolute Gasteiger partial charge is 0.300 e. The van der Waals surface area contributed by atoms with Crippen LogP contribution in [0.2, 0.25) is 0 Å². The third-order valence-corrected chi connectivity index (χ3v) is 6.34. The van der Waals surface area contributed by atoms with Crippen LogP contribution in [0, 0.1) is 0 Å². The lowest BCUT2D eigenvalue weighted by Crippen LogP contribution is -2.29. The number of nitrogens with zero attached hydrogens (tertiary/aromatic N) is 1. The molecule has 1 atom stereocenters. The molecule has 0 bridgehead atoms. The molecule has 5 nitrogen and oxygen atoms in total. The molecule has 3 aromatic rings. The van der Waals surface area contributed by atoms with Crippen molar-refractivity contribution in [2.24, 2.45) is 0 Å². The van der Waals surface area contributed by atoms with Crippen molar-refractivity contribution in [2.45, 2.75) is 19.4 Å². The van der Waals surface area contributed by atoms with E-state index in [0.29, 0.717) is 23.6 Å². The van der Waals surface area contributed by atoms with Gasteiger partial charge >= 0.3 is 0 Å². The van der Waals surface area contributed by atoms with Gasteiger partial charge in [0.05, 0.1) is 12.2 Å². The van der Waals surface area contributed by atoms with Gasteiger partial charge in [0.2, 0.25) is 0 Å². The SMILES string of the molecule is CCCOc1cccc(/C(O)=C2/C(=O)C(=O)N(c3cccc(Br)c3)C2c2cccs2)c1. The molecule has 1 unspecified atom stereocenters. The molecule has 1 fully saturated rings. The van der Waals surface area contributed by atoms with Gasteiger partial charge in [0.25, 0.3) is 11.7 Å². The Morgan fingerprint density at radius 1 is 1.13 bits per heavy atom. The summed E-state index contributed by atoms with van der Waals surface area (Å²) in [6, 6.07) is 17.2. The molecule has 1 saturated heterocycles. The number of halogens is 1. The number of hydrogen-bond donors (Lipinski definition) is 1. The molecule has 1 aromatic heterocycles. The molecule has 0 saturated carbocycles. The fraction of sp³-hybridized carbons (Fsp3) is 0.167. The maximum atomic E-state index is 13.1. The predicted octanol–water partition coefficient (Wildman–Crippen LogP) is 5.93. The second-order valence-electron chi connectivity index (χ2n) is 7.04. The van der Waals surface area contributed by atoms with E-state index in [0.717, 1.165) is 15.8 Å². The molecule has 0 aliphatic carbocycles. The molecule has 0 spiro atoms. The number of carbonyl (C=O) groups is 2. The van der Waals surface area contributed by atoms with E-state index in [1.165, 1.54) is 16.2 Å². The number of benzene rings is 2. The fourth-order valence-electron chi connectivity index (χ4n) is 3.55. The average molecular weight is 498 g/mol. The first-order valence-corrected chi connectivity index (χ1v) is 11.5. The number of hydrogen-bond acceptors (Lipinski definition) is 5. The zero-order valence-corrected chi connectivity index (χ0v) is 19.2. The van der Waals surface area contributed by atoms with Crippen LogP contribution in [0.5, 0.6) is 5.75 Å². The standard InChI is InChI=1S/C24H20BrNO4S/c1-2-11-30-18-9-3-6-15(13-18)22(27)20-21(19-10-5-12-31-19)26(24(29)23(20)28)17-8-4-7-16(25)14-17/h3-10,12-14,21,27H,2,11H2,1H3/b22-20-. The summed E-state index contributed by atoms with van der Waals surface area (Å²) in [4.78, 5) is 28.4. The molecule has 7 heteroatoms. The van der Waals surface area contributed by atoms with Gasteiger partial charge in [0.1, 0.15) is 17.6 Å². The number of aliphatic hydroxyl groups is 1. The maximum absolute atomic E-state index is 13.1. The zero-order chi connectivity index (χ0) is 22.0. The lowest BCUT2D eigenvalue weighted by Gasteiger charge is -2.24. The van der Waals surface area contributed by atoms with Crippen molar-refractivity contribution in [1.82, 2.24) is 0 Å². The highest BCUT2D eigenvalue weighted by atomic mass is 79.9. The van der Waals surface area contributed by atoms with Crippen molar-refractivity contribution < 1.29 is 19.4 Å². The van der Waals surface area contributed by atoms with E-state index < -0.39 is 17.7 Å². The highest BCUT2D eigenvalue weighted by molar-refractivity contribution is 9.10. The molecule has 1 amide bonds. The molecule has 4 rings (SSSR count). The number of ether oxygens (including phenoxy) is 1. The van der Waals surface area contributed by atoms with Crippen molar-refractivity contribution >= 4 is 50.4 Å². The molecule has 2 aromatic carbocycles. The molecule has 31 heavy (non-hydrogen) atoms. The molecular formula is C24H20BrNO4S. The van der Waals surface area contributed by atoms with Crippen LogP contribution < -0.4 is 9.64 Å². The van der Waals surface area contributed by atoms with Crippen LogP contribution >= 0.6 is 27.3 Å². The largest absolute Gasteiger partial charge is 0.507 e. The molecule has 158 valence electrons. The van der Waals surface area contributed by atoms with Gasteiger partial charge in [-0.3, -0.25) is 14.5 Å². The highest BCUT2D eigenvalue weighted by Gasteiger charge is 2.47. The Kier molecular flexibility index (Phi) is 6.25. The number of thiophene rings is 1. The monoisotopic (exact) mass is 497 g/mol. The van der Waals surface area contributed by atoms with Gasteiger partial charge in [-0.25, -0.2) is 0 Å². The number of aliphatic hydroxyl groups excluding tert-OH is 1. The molecular weight excluding hydrogens is 478 g/mol. The van der Waals surface area contributed by atoms with Gasteiger partial charge in [0.15, 0.2) is 0 Å². The number of amides is 1. The van der Waals surface area contributed by atoms with Gasteiger partial charge in [-0.15, -0.1) is 11.3 Å². The van der Waals surface area contributed by atoms with E-state index in [2.05, 4.69) is 15.9 Å². The molecule has 2 heterocycles. The van der Waals surface area contributed by atoms with Crippen LogP contribution in [0.1, 0.15) is 29.8 Å². The van der Waals surface area contributed by atoms with E-state index >= 15 is 0 Å². The van der Waals surface area contributed by atoms with Gasteiger partial charge < -0.3 is 9.84 Å². The van der Waals surface area contributed by atoms with Crippen LogP contribution in [-0.2, 0) is 9.59 Å². The van der Waals surface area contributed by atoms with Crippen molar-refractivity contribution in [3.8, 4) is 5.75 Å². The van der Waals surface area contributed by atoms with Crippen LogP contribution in [0.3, 0.4) is 0 Å². The Bertz CT molecular complexity index is 1160. The molecule has 0 radical (unpaired) electrons. The number of rotatable bonds is 6. The van der Waals surface area contributed by atoms with Crippen LogP contribution in [0.25, 0.3) is 5.76 Å². The van der Waals surface area contributed by atoms with E-state index in [4.69, 9.17) is 4.74 Å². The Balaban J connectivity index is 1.86. The first kappa shape index (κ1) is 21.3. The fourth-order valence-corrected chi connectivity index (χ4v) is 4.76. The minimum atomic E-state index is -0.713. The second kappa shape index (κ2) is 9.08. The third kappa shape index (κ3) is 4.16. The van der Waals surface area contributed by atoms with E-state index in [1.807, 2.05) is 30.5 Å². The molecule has 1 N–H and O–H groups in total. The van der Waals surface area contributed by atoms with E-state index in [9.17, 15) is 14.7 Å². The Hall–Kier alpha value is -2.90. The zero-order valence-electron chi connectivity index (χ0n) is 16.7. The number of Topliss-reactive ketones (excluding diaryl/α,β-unsaturated/α-hetero) is 1. The number of ketones is 1. The number of carbonyl (C=O) groups excluding carboxylic acids is 2. The van der Waals surface area contributed by atoms with Crippen LogP contribution in [0.4, 0.5) is 5.69 Å². The quantitative estimate of drug-likeness (QED) is 0.260. The first-order valence-electron chi connectivity index (χ1n) is 9.84. The van der Waals surface area contributed by atoms with Crippen molar-refractivity contribution in [1.29, 1.82) is 0 Å². The minimum Gasteiger partial charge on any atom is -0.507 e. The van der Waals surface area contributed by atoms with E-state index in [1.54, 1.807) is 42.5 Å². The summed E-state index contributed by atoms with van der Waals surface area (Å²) in [5, 5.41) is 13.1. The lowest BCUT2D eigenvalue weighted by molar-refractivity contribution is -0.132. The van der Waals surface area contributed by atoms with Crippen LogP contribution in [0.15, 0.2) is 76.1 Å². The lowest BCUT2D eigenvalue weighted by atomic mass is 9.99. The summed E-state index contributed by atoms with van der Waals surface area (Å²) in [5.74, 6) is -0.997. The number of anilines is 1. The Labute approximate surface area is 192 Å². The summed E-state index contributed by atoms with van der Waals surface area (Å²) >= 11 is 4.86. The van der Waals surface area contributed by atoms with Gasteiger partial charge in [-0.1, -0.05) is 47.1 Å². The predicted molar refractivity (Wildman–Crippen MR) is 125 cm³/mol. The highest BCUT2D eigenvalue weighted by Crippen LogP contribution is 2.44. The Morgan fingerprint density at radius 3 is 2.65 bits per heavy atom. The summed E-state index contributed by atoms with van der Waals surface area (Å²) in [6.07, 6.45) is 0.854. The summed E-state index contributed by atoms with van der Waals surface area (Å²) < 4.78 is 6.45. The van der Waals surface area contributed by atoms with Gasteiger partial charge in [-0.05, 0) is 48.2 Å². The summed E-state index contributed by atoms with van der Waals surface area (Å²) in [7, 11) is 0. The molecule has 1 aliphatic rings. The summed E-state index contributed by atoms with van der Waals surface area (Å²) in [6.45, 7) is 2.56. The third-order valence-electron chi connectivity index (χ3n) is 4.92. The van der Waals surface area contributed by atoms with Crippen molar-refractivity contribution in [3.05, 3.63) is 86.5 Å². The summed E-state index contributed by atoms with van der Waals surface area (Å²) in [5.41, 5.74) is 1.08. The second-order valence-corrected chi connectivity index (χ2v) is 8.94. The Morgan fingerprint density at radius 2 is 1.94 bits per heavy atom. The average Bonchev–Trinajstić information content (AvgIpc) is 3.39. The topological polar surface area (TPSA) is 66.8 Å². The first-order chi connectivity index (χ1) is 15.0. The van der Waals surface area contributed by atoms with Crippen molar-refractivity contribution in [3.63, 3.8) is 0 Å². The maximum Gasteiger partial charge on any atom is 0.300 e.